The molecule has 0 bridgehead atoms. The maximum Gasteiger partial charge on any atom is 0.224 e. The van der Waals surface area contributed by atoms with Crippen LogP contribution in [-0.2, 0) is 4.79 Å². The second-order valence-corrected chi connectivity index (χ2v) is 8.75. The lowest BCUT2D eigenvalue weighted by Crippen LogP contribution is -2.10. The van der Waals surface area contributed by atoms with E-state index in [1.54, 1.807) is 30.9 Å². The van der Waals surface area contributed by atoms with E-state index in [4.69, 9.17) is 0 Å². The Morgan fingerprint density at radius 2 is 2.08 bits per heavy atom. The fraction of sp³-hybridized carbons (Fsp3) is 0.154. The number of pyridine rings is 2. The summed E-state index contributed by atoms with van der Waals surface area (Å²) in [5.74, 6) is -0.0573. The van der Waals surface area contributed by atoms with E-state index in [1.165, 1.54) is 12.3 Å². The van der Waals surface area contributed by atoms with Gasteiger partial charge in [-0.25, -0.2) is 19.3 Å². The van der Waals surface area contributed by atoms with Gasteiger partial charge in [0.1, 0.15) is 17.0 Å². The van der Waals surface area contributed by atoms with E-state index >= 15 is 4.39 Å². The van der Waals surface area contributed by atoms with Gasteiger partial charge < -0.3 is 14.9 Å². The van der Waals surface area contributed by atoms with Gasteiger partial charge in [0.15, 0.2) is 11.5 Å². The lowest BCUT2D eigenvalue weighted by molar-refractivity contribution is -0.116. The first-order valence-corrected chi connectivity index (χ1v) is 11.8. The van der Waals surface area contributed by atoms with Gasteiger partial charge in [-0.3, -0.25) is 14.9 Å². The zero-order valence-electron chi connectivity index (χ0n) is 20.1. The molecular formula is C26H22FN9O. The standard InChI is InChI=1S/C26H22FN9O/c1-3-4-22(37)31-16-7-15(10-28-11-16)17-8-18-20(9-19(17)27)34-35-23(18)26-32-24-21(5-6-29-25(24)33-26)36-12-14(2)30-13-36/h5-13H,3-4H2,1-2H3,(H,31,37)(H,34,35)(H,29,32,33). The third-order valence-electron chi connectivity index (χ3n) is 6.04. The van der Waals surface area contributed by atoms with Gasteiger partial charge in [0, 0.05) is 47.6 Å². The van der Waals surface area contributed by atoms with Crippen LogP contribution in [0.1, 0.15) is 25.5 Å². The number of halogens is 1. The predicted octanol–water partition coefficient (Wildman–Crippen LogP) is 4.94. The molecule has 0 unspecified atom stereocenters. The van der Waals surface area contributed by atoms with Crippen LogP contribution in [-0.4, -0.2) is 45.6 Å². The summed E-state index contributed by atoms with van der Waals surface area (Å²) in [6.45, 7) is 3.85. The largest absolute Gasteiger partial charge is 0.333 e. The molecular weight excluding hydrogens is 473 g/mol. The van der Waals surface area contributed by atoms with Crippen LogP contribution in [0, 0.1) is 12.7 Å². The molecule has 0 aliphatic rings. The van der Waals surface area contributed by atoms with Crippen molar-refractivity contribution < 1.29 is 9.18 Å². The number of aryl methyl sites for hydroxylation is 1. The number of hydrogen-bond acceptors (Lipinski definition) is 6. The molecule has 3 N–H and O–H groups in total. The van der Waals surface area contributed by atoms with Crippen LogP contribution in [0.5, 0.6) is 0 Å². The van der Waals surface area contributed by atoms with Crippen molar-refractivity contribution in [2.24, 2.45) is 0 Å². The van der Waals surface area contributed by atoms with Crippen LogP contribution >= 0.6 is 0 Å². The van der Waals surface area contributed by atoms with E-state index < -0.39 is 5.82 Å². The summed E-state index contributed by atoms with van der Waals surface area (Å²) < 4.78 is 17.0. The minimum absolute atomic E-state index is 0.113. The number of nitrogens with one attached hydrogen (secondary N) is 3. The summed E-state index contributed by atoms with van der Waals surface area (Å²) in [6.07, 6.45) is 9.57. The van der Waals surface area contributed by atoms with Crippen molar-refractivity contribution >= 4 is 33.7 Å². The second-order valence-electron chi connectivity index (χ2n) is 8.75. The number of hydrogen-bond donors (Lipinski definition) is 3. The van der Waals surface area contributed by atoms with Gasteiger partial charge in [-0.1, -0.05) is 6.92 Å². The molecule has 0 radical (unpaired) electrons. The number of fused-ring (bicyclic) bond motifs is 2. The number of H-pyrrole nitrogens is 2. The number of benzene rings is 1. The SMILES string of the molecule is CCCC(=O)Nc1cncc(-c2cc3c(-c4nc5nccc(-n6cnc(C)c6)c5[nH]4)n[nH]c3cc2F)c1. The highest BCUT2D eigenvalue weighted by atomic mass is 19.1. The Bertz CT molecular complexity index is 1780. The maximum absolute atomic E-state index is 15.1. The Morgan fingerprint density at radius 1 is 1.19 bits per heavy atom. The summed E-state index contributed by atoms with van der Waals surface area (Å²) in [7, 11) is 0. The Kier molecular flexibility index (Phi) is 5.44. The molecule has 37 heavy (non-hydrogen) atoms. The van der Waals surface area contributed by atoms with E-state index in [9.17, 15) is 4.79 Å². The molecule has 1 amide bonds. The van der Waals surface area contributed by atoms with Crippen molar-refractivity contribution in [1.29, 1.82) is 0 Å². The van der Waals surface area contributed by atoms with E-state index in [-0.39, 0.29) is 5.91 Å². The number of carbonyl (C=O) groups is 1. The number of aromatic nitrogens is 8. The molecule has 0 atom stereocenters. The number of anilines is 1. The monoisotopic (exact) mass is 495 g/mol. The Balaban J connectivity index is 1.43. The summed E-state index contributed by atoms with van der Waals surface area (Å²) in [6, 6.07) is 6.68. The van der Waals surface area contributed by atoms with Gasteiger partial charge in [-0.15, -0.1) is 0 Å². The zero-order chi connectivity index (χ0) is 25.5. The first-order chi connectivity index (χ1) is 18.0. The van der Waals surface area contributed by atoms with E-state index in [2.05, 4.69) is 40.4 Å². The number of carbonyl (C=O) groups excluding carboxylic acids is 1. The first-order valence-electron chi connectivity index (χ1n) is 11.8. The number of amides is 1. The Morgan fingerprint density at radius 3 is 2.89 bits per heavy atom. The van der Waals surface area contributed by atoms with Crippen molar-refractivity contribution in [3.63, 3.8) is 0 Å². The summed E-state index contributed by atoms with van der Waals surface area (Å²) in [5, 5.41) is 10.8. The van der Waals surface area contributed by atoms with Crippen molar-refractivity contribution in [1.82, 2.24) is 39.7 Å². The molecule has 6 rings (SSSR count). The van der Waals surface area contributed by atoms with E-state index in [1.807, 2.05) is 30.7 Å². The van der Waals surface area contributed by atoms with Crippen molar-refractivity contribution in [2.45, 2.75) is 26.7 Å². The fourth-order valence-corrected chi connectivity index (χ4v) is 4.32. The van der Waals surface area contributed by atoms with Gasteiger partial charge in [-0.2, -0.15) is 5.10 Å². The Hall–Kier alpha value is -4.93. The lowest BCUT2D eigenvalue weighted by Gasteiger charge is -2.08. The average Bonchev–Trinajstić information content (AvgIpc) is 3.61. The smallest absolute Gasteiger partial charge is 0.224 e. The van der Waals surface area contributed by atoms with Crippen molar-refractivity contribution in [3.8, 4) is 28.3 Å². The molecule has 10 nitrogen and oxygen atoms in total. The fourth-order valence-electron chi connectivity index (χ4n) is 4.32. The molecule has 1 aromatic carbocycles. The highest BCUT2D eigenvalue weighted by Crippen LogP contribution is 2.33. The molecule has 0 saturated heterocycles. The van der Waals surface area contributed by atoms with Crippen LogP contribution in [0.15, 0.2) is 55.4 Å². The third kappa shape index (κ3) is 4.10. The number of aromatic amines is 2. The summed E-state index contributed by atoms with van der Waals surface area (Å²) in [4.78, 5) is 32.9. The van der Waals surface area contributed by atoms with Crippen LogP contribution < -0.4 is 5.32 Å². The van der Waals surface area contributed by atoms with Crippen LogP contribution in [0.2, 0.25) is 0 Å². The average molecular weight is 496 g/mol. The summed E-state index contributed by atoms with van der Waals surface area (Å²) in [5.41, 5.74) is 5.42. The molecule has 0 aliphatic heterocycles. The quantitative estimate of drug-likeness (QED) is 0.300. The lowest BCUT2D eigenvalue weighted by atomic mass is 10.0. The van der Waals surface area contributed by atoms with Crippen LogP contribution in [0.4, 0.5) is 10.1 Å². The zero-order valence-corrected chi connectivity index (χ0v) is 20.1. The number of nitrogens with zero attached hydrogens (tertiary/aromatic N) is 6. The van der Waals surface area contributed by atoms with Gasteiger partial charge in [0.05, 0.1) is 35.1 Å². The molecule has 0 saturated carbocycles. The normalized spacial score (nSPS) is 11.4. The number of imidazole rings is 2. The van der Waals surface area contributed by atoms with Gasteiger partial charge >= 0.3 is 0 Å². The predicted molar refractivity (Wildman–Crippen MR) is 138 cm³/mol. The summed E-state index contributed by atoms with van der Waals surface area (Å²) >= 11 is 0. The van der Waals surface area contributed by atoms with Crippen LogP contribution in [0.3, 0.4) is 0 Å². The molecule has 184 valence electrons. The second kappa shape index (κ2) is 8.94. The molecule has 5 aromatic heterocycles. The molecule has 0 aliphatic carbocycles. The maximum atomic E-state index is 15.1. The highest BCUT2D eigenvalue weighted by molar-refractivity contribution is 5.97. The van der Waals surface area contributed by atoms with E-state index in [0.29, 0.717) is 51.3 Å². The topological polar surface area (TPSA) is 130 Å². The van der Waals surface area contributed by atoms with Crippen molar-refractivity contribution in [3.05, 3.63) is 66.9 Å². The molecule has 6 aromatic rings. The molecule has 11 heteroatoms. The molecule has 0 spiro atoms. The van der Waals surface area contributed by atoms with Gasteiger partial charge in [-0.05, 0) is 31.5 Å². The first kappa shape index (κ1) is 22.5. The molecule has 0 fully saturated rings. The highest BCUT2D eigenvalue weighted by Gasteiger charge is 2.18. The number of rotatable bonds is 6. The third-order valence-corrected chi connectivity index (χ3v) is 6.04. The minimum Gasteiger partial charge on any atom is -0.333 e. The van der Waals surface area contributed by atoms with Gasteiger partial charge in [0.2, 0.25) is 5.91 Å². The van der Waals surface area contributed by atoms with Gasteiger partial charge in [0.25, 0.3) is 0 Å². The van der Waals surface area contributed by atoms with Crippen molar-refractivity contribution in [2.75, 3.05) is 5.32 Å². The minimum atomic E-state index is -0.439. The molecule has 5 heterocycles. The van der Waals surface area contributed by atoms with E-state index in [0.717, 1.165) is 23.3 Å². The van der Waals surface area contributed by atoms with Crippen LogP contribution in [0.25, 0.3) is 50.4 Å². The Labute approximate surface area is 210 Å².